The van der Waals surface area contributed by atoms with Crippen molar-refractivity contribution in [3.8, 4) is 0 Å². The smallest absolute Gasteiger partial charge is 0.318 e. The topological polar surface area (TPSA) is 63.4 Å². The second kappa shape index (κ2) is 4.55. The Kier molecular flexibility index (Phi) is 4.20. The molecule has 8 heavy (non-hydrogen) atoms. The highest BCUT2D eigenvalue weighted by atomic mass is 16.4. The van der Waals surface area contributed by atoms with E-state index in [4.69, 9.17) is 5.11 Å². The van der Waals surface area contributed by atoms with Crippen LogP contribution in [0.15, 0.2) is 0 Å². The molecule has 0 aromatic rings. The van der Waals surface area contributed by atoms with Gasteiger partial charge in [0.25, 0.3) is 0 Å². The largest absolute Gasteiger partial charge is 0.480 e. The summed E-state index contributed by atoms with van der Waals surface area (Å²) in [6.45, 7) is 2.34. The molecule has 0 aliphatic carbocycles. The normalized spacial score (nSPS) is 9.12. The lowest BCUT2D eigenvalue weighted by atomic mass is 10.7. The summed E-state index contributed by atoms with van der Waals surface area (Å²) in [7, 11) is 0. The van der Waals surface area contributed by atoms with Crippen LogP contribution in [0.4, 0.5) is 0 Å². The molecule has 0 aliphatic heterocycles. The van der Waals surface area contributed by atoms with Gasteiger partial charge in [-0.05, 0) is 6.92 Å². The first-order valence-electron chi connectivity index (χ1n) is 2.38. The molecule has 0 amide bonds. The zero-order valence-corrected chi connectivity index (χ0v) is 4.72. The van der Waals surface area contributed by atoms with Gasteiger partial charge in [0.2, 0.25) is 0 Å². The number of aliphatic carboxylic acids is 1. The molecule has 0 saturated heterocycles. The lowest BCUT2D eigenvalue weighted by molar-refractivity contribution is -0.136. The monoisotopic (exact) mass is 117 g/mol. The van der Waals surface area contributed by atoms with Gasteiger partial charge in [0.05, 0.1) is 0 Å². The van der Waals surface area contributed by atoms with E-state index in [1.807, 2.05) is 6.92 Å². The molecular formula is C4H9N2O2. The van der Waals surface area contributed by atoms with Gasteiger partial charge in [-0.25, -0.2) is 5.43 Å². The van der Waals surface area contributed by atoms with Crippen molar-refractivity contribution in [2.75, 3.05) is 13.1 Å². The summed E-state index contributed by atoms with van der Waals surface area (Å²) in [5, 5.41) is 8.02. The van der Waals surface area contributed by atoms with Crippen molar-refractivity contribution in [3.05, 3.63) is 0 Å². The fourth-order valence-corrected chi connectivity index (χ4v) is 0.235. The third-order valence-corrected chi connectivity index (χ3v) is 0.500. The number of nitrogens with one attached hydrogen (secondary N) is 1. The highest BCUT2D eigenvalue weighted by Crippen LogP contribution is 1.56. The van der Waals surface area contributed by atoms with Crippen molar-refractivity contribution in [2.24, 2.45) is 0 Å². The van der Waals surface area contributed by atoms with Gasteiger partial charge in [0.1, 0.15) is 6.54 Å². The van der Waals surface area contributed by atoms with Gasteiger partial charge in [-0.15, -0.1) is 0 Å². The molecule has 4 nitrogen and oxygen atoms in total. The highest BCUT2D eigenvalue weighted by molar-refractivity contribution is 5.68. The molecule has 0 aliphatic rings. The van der Waals surface area contributed by atoms with Crippen LogP contribution in [-0.4, -0.2) is 24.2 Å². The van der Waals surface area contributed by atoms with E-state index < -0.39 is 5.97 Å². The fourth-order valence-electron chi connectivity index (χ4n) is 0.235. The summed E-state index contributed by atoms with van der Waals surface area (Å²) in [6.07, 6.45) is 0. The third-order valence-electron chi connectivity index (χ3n) is 0.500. The average molecular weight is 117 g/mol. The Morgan fingerprint density at radius 2 is 2.50 bits per heavy atom. The molecule has 0 aromatic carbocycles. The highest BCUT2D eigenvalue weighted by Gasteiger charge is 1.91. The zero-order valence-electron chi connectivity index (χ0n) is 4.72. The standard InChI is InChI=1S/C4H9N2O2/c1-2-5-6-3-4(7)8/h6H,2-3H2,1H3,(H,7,8). The van der Waals surface area contributed by atoms with Crippen LogP contribution in [0, 0.1) is 0 Å². The fraction of sp³-hybridized carbons (Fsp3) is 0.750. The van der Waals surface area contributed by atoms with E-state index in [-0.39, 0.29) is 6.54 Å². The molecule has 0 saturated carbocycles. The molecule has 47 valence electrons. The van der Waals surface area contributed by atoms with Gasteiger partial charge in [0.15, 0.2) is 0 Å². The molecule has 0 spiro atoms. The average Bonchev–Trinajstić information content (AvgIpc) is 1.66. The SMILES string of the molecule is CC[N]NCC(=O)O. The van der Waals surface area contributed by atoms with Crippen LogP contribution in [0.2, 0.25) is 0 Å². The molecule has 0 aromatic heterocycles. The van der Waals surface area contributed by atoms with Crippen molar-refractivity contribution in [3.63, 3.8) is 0 Å². The molecule has 0 atom stereocenters. The van der Waals surface area contributed by atoms with Gasteiger partial charge in [-0.2, -0.15) is 5.43 Å². The number of carbonyl (C=O) groups is 1. The second-order valence-corrected chi connectivity index (χ2v) is 1.20. The molecule has 0 fully saturated rings. The minimum Gasteiger partial charge on any atom is -0.480 e. The summed E-state index contributed by atoms with van der Waals surface area (Å²) in [6, 6.07) is 0. The number of hydrogen-bond donors (Lipinski definition) is 2. The molecular weight excluding hydrogens is 108 g/mol. The van der Waals surface area contributed by atoms with E-state index in [9.17, 15) is 4.79 Å². The minimum absolute atomic E-state index is 0.0894. The first kappa shape index (κ1) is 7.39. The van der Waals surface area contributed by atoms with Crippen molar-refractivity contribution in [1.29, 1.82) is 0 Å². The summed E-state index contributed by atoms with van der Waals surface area (Å²) in [5.74, 6) is -0.887. The van der Waals surface area contributed by atoms with Gasteiger partial charge in [-0.3, -0.25) is 4.79 Å². The van der Waals surface area contributed by atoms with Crippen LogP contribution in [0.25, 0.3) is 0 Å². The zero-order chi connectivity index (χ0) is 6.41. The summed E-state index contributed by atoms with van der Waals surface area (Å²) in [4.78, 5) is 9.75. The Morgan fingerprint density at radius 1 is 1.88 bits per heavy atom. The maximum Gasteiger partial charge on any atom is 0.318 e. The van der Waals surface area contributed by atoms with Gasteiger partial charge in [-0.1, -0.05) is 0 Å². The van der Waals surface area contributed by atoms with E-state index in [1.54, 1.807) is 0 Å². The number of nitrogens with zero attached hydrogens (tertiary/aromatic N) is 1. The predicted octanol–water partition coefficient (Wildman–Crippen LogP) is -0.800. The quantitative estimate of drug-likeness (QED) is 0.374. The summed E-state index contributed by atoms with van der Waals surface area (Å²) in [5.41, 5.74) is 5.94. The lowest BCUT2D eigenvalue weighted by Gasteiger charge is -1.94. The number of carboxylic acids is 1. The second-order valence-electron chi connectivity index (χ2n) is 1.20. The molecule has 0 heterocycles. The van der Waals surface area contributed by atoms with E-state index in [0.29, 0.717) is 6.54 Å². The minimum atomic E-state index is -0.887. The predicted molar refractivity (Wildman–Crippen MR) is 28.3 cm³/mol. The number of hydrogen-bond acceptors (Lipinski definition) is 2. The molecule has 0 rings (SSSR count). The Morgan fingerprint density at radius 3 is 2.88 bits per heavy atom. The van der Waals surface area contributed by atoms with Crippen molar-refractivity contribution < 1.29 is 9.90 Å². The van der Waals surface area contributed by atoms with E-state index >= 15 is 0 Å². The summed E-state index contributed by atoms with van der Waals surface area (Å²) >= 11 is 0. The van der Waals surface area contributed by atoms with Crippen LogP contribution in [-0.2, 0) is 4.79 Å². The Balaban J connectivity index is 2.82. The first-order chi connectivity index (χ1) is 3.77. The van der Waals surface area contributed by atoms with Crippen LogP contribution >= 0.6 is 0 Å². The molecule has 0 bridgehead atoms. The van der Waals surface area contributed by atoms with Crippen LogP contribution in [0.3, 0.4) is 0 Å². The molecule has 2 N–H and O–H groups in total. The Bertz CT molecular complexity index is 74.4. The molecule has 0 unspecified atom stereocenters. The maximum absolute atomic E-state index is 9.75. The van der Waals surface area contributed by atoms with Gasteiger partial charge in [0, 0.05) is 6.54 Å². The maximum atomic E-state index is 9.75. The Hall–Kier alpha value is -0.610. The van der Waals surface area contributed by atoms with Gasteiger partial charge >= 0.3 is 5.97 Å². The van der Waals surface area contributed by atoms with Crippen LogP contribution < -0.4 is 10.9 Å². The van der Waals surface area contributed by atoms with Crippen LogP contribution in [0.5, 0.6) is 0 Å². The van der Waals surface area contributed by atoms with Gasteiger partial charge < -0.3 is 5.11 Å². The lowest BCUT2D eigenvalue weighted by Crippen LogP contribution is -2.29. The first-order valence-corrected chi connectivity index (χ1v) is 2.38. The van der Waals surface area contributed by atoms with Crippen LogP contribution in [0.1, 0.15) is 6.92 Å². The molecule has 4 heteroatoms. The van der Waals surface area contributed by atoms with E-state index in [1.165, 1.54) is 0 Å². The van der Waals surface area contributed by atoms with Crippen molar-refractivity contribution >= 4 is 5.97 Å². The summed E-state index contributed by atoms with van der Waals surface area (Å²) < 4.78 is 0. The van der Waals surface area contributed by atoms with Crippen molar-refractivity contribution in [2.45, 2.75) is 6.92 Å². The third kappa shape index (κ3) is 5.39. The van der Waals surface area contributed by atoms with E-state index in [0.717, 1.165) is 0 Å². The number of rotatable bonds is 4. The Labute approximate surface area is 47.9 Å². The number of carboxylic acid groups (broad SMARTS) is 1. The van der Waals surface area contributed by atoms with E-state index in [2.05, 4.69) is 10.9 Å². The van der Waals surface area contributed by atoms with Crippen molar-refractivity contribution in [1.82, 2.24) is 10.9 Å². The molecule has 1 radical (unpaired) electrons.